The Morgan fingerprint density at radius 2 is 2.04 bits per heavy atom. The molecule has 0 radical (unpaired) electrons. The number of ether oxygens (including phenoxy) is 1. The van der Waals surface area contributed by atoms with E-state index in [0.29, 0.717) is 32.0 Å². The zero-order chi connectivity index (χ0) is 18.6. The Hall–Kier alpha value is -1.85. The fourth-order valence-corrected chi connectivity index (χ4v) is 3.43. The summed E-state index contributed by atoms with van der Waals surface area (Å²) in [5.74, 6) is 0.207. The molecule has 0 spiro atoms. The average molecular weight is 349 g/mol. The van der Waals surface area contributed by atoms with Gasteiger partial charge in [-0.1, -0.05) is 13.8 Å². The Morgan fingerprint density at radius 1 is 1.32 bits per heavy atom. The predicted molar refractivity (Wildman–Crippen MR) is 96.2 cm³/mol. The number of esters is 1. The molecule has 1 fully saturated rings. The van der Waals surface area contributed by atoms with Crippen LogP contribution < -0.4 is 0 Å². The molecule has 0 aliphatic carbocycles. The third kappa shape index (κ3) is 4.83. The van der Waals surface area contributed by atoms with Gasteiger partial charge in [-0.15, -0.1) is 0 Å². The number of piperidine rings is 1. The predicted octanol–water partition coefficient (Wildman–Crippen LogP) is 2.50. The van der Waals surface area contributed by atoms with Crippen molar-refractivity contribution in [3.8, 4) is 0 Å². The molecule has 6 heteroatoms. The number of hydrogen-bond acceptors (Lipinski definition) is 4. The average Bonchev–Trinajstić information content (AvgIpc) is 2.82. The normalized spacial score (nSPS) is 17.8. The summed E-state index contributed by atoms with van der Waals surface area (Å²) in [6.45, 7) is 12.5. The van der Waals surface area contributed by atoms with Crippen LogP contribution in [-0.4, -0.2) is 46.3 Å². The van der Waals surface area contributed by atoms with Crippen LogP contribution in [0.4, 0.5) is 0 Å². The minimum atomic E-state index is -0.191. The number of aryl methyl sites for hydroxylation is 1. The van der Waals surface area contributed by atoms with Gasteiger partial charge in [0.05, 0.1) is 24.6 Å². The van der Waals surface area contributed by atoms with E-state index >= 15 is 0 Å². The number of hydrogen-bond donors (Lipinski definition) is 0. The summed E-state index contributed by atoms with van der Waals surface area (Å²) < 4.78 is 7.12. The molecule has 1 atom stereocenters. The molecule has 2 heterocycles. The second kappa shape index (κ2) is 8.50. The lowest BCUT2D eigenvalue weighted by Gasteiger charge is -2.31. The van der Waals surface area contributed by atoms with Gasteiger partial charge < -0.3 is 9.64 Å². The Kier molecular flexibility index (Phi) is 6.62. The summed E-state index contributed by atoms with van der Waals surface area (Å²) in [4.78, 5) is 26.5. The van der Waals surface area contributed by atoms with Crippen molar-refractivity contribution in [2.24, 2.45) is 11.8 Å². The van der Waals surface area contributed by atoms with Gasteiger partial charge in [0.2, 0.25) is 5.91 Å². The number of aromatic nitrogens is 2. The van der Waals surface area contributed by atoms with E-state index in [1.807, 2.05) is 30.4 Å². The maximum Gasteiger partial charge on any atom is 0.310 e. The number of carbonyl (C=O) groups is 2. The standard InChI is InChI=1S/C19H31N3O3/c1-6-25-19(24)16-8-7-9-21(12-16)18(23)10-17-14(4)20-22(15(17)5)11-13(2)3/h13,16H,6-12H2,1-5H3. The molecule has 1 aliphatic heterocycles. The lowest BCUT2D eigenvalue weighted by molar-refractivity contribution is -0.151. The monoisotopic (exact) mass is 349 g/mol. The molecule has 1 aromatic heterocycles. The van der Waals surface area contributed by atoms with E-state index in [1.165, 1.54) is 0 Å². The fraction of sp³-hybridized carbons (Fsp3) is 0.737. The molecular weight excluding hydrogens is 318 g/mol. The van der Waals surface area contributed by atoms with E-state index in [-0.39, 0.29) is 17.8 Å². The first-order valence-electron chi connectivity index (χ1n) is 9.30. The van der Waals surface area contributed by atoms with Gasteiger partial charge in [0.25, 0.3) is 0 Å². The maximum atomic E-state index is 12.8. The van der Waals surface area contributed by atoms with Gasteiger partial charge in [-0.05, 0) is 39.5 Å². The number of rotatable bonds is 6. The largest absolute Gasteiger partial charge is 0.466 e. The molecule has 0 N–H and O–H groups in total. The summed E-state index contributed by atoms with van der Waals surface area (Å²) in [5.41, 5.74) is 3.01. The van der Waals surface area contributed by atoms with Crippen molar-refractivity contribution in [3.63, 3.8) is 0 Å². The van der Waals surface area contributed by atoms with Crippen molar-refractivity contribution >= 4 is 11.9 Å². The SMILES string of the molecule is CCOC(=O)C1CCCN(C(=O)Cc2c(C)nn(CC(C)C)c2C)C1. The van der Waals surface area contributed by atoms with Crippen molar-refractivity contribution in [3.05, 3.63) is 17.0 Å². The lowest BCUT2D eigenvalue weighted by Crippen LogP contribution is -2.43. The quantitative estimate of drug-likeness (QED) is 0.740. The minimum Gasteiger partial charge on any atom is -0.466 e. The topological polar surface area (TPSA) is 64.4 Å². The van der Waals surface area contributed by atoms with Crippen LogP contribution in [0.5, 0.6) is 0 Å². The Labute approximate surface area is 150 Å². The highest BCUT2D eigenvalue weighted by Gasteiger charge is 2.30. The van der Waals surface area contributed by atoms with Gasteiger partial charge >= 0.3 is 5.97 Å². The smallest absolute Gasteiger partial charge is 0.310 e. The van der Waals surface area contributed by atoms with E-state index in [1.54, 1.807) is 0 Å². The molecule has 1 saturated heterocycles. The zero-order valence-corrected chi connectivity index (χ0v) is 16.2. The van der Waals surface area contributed by atoms with Gasteiger partial charge in [-0.2, -0.15) is 5.10 Å². The summed E-state index contributed by atoms with van der Waals surface area (Å²) in [5, 5.41) is 4.59. The second-order valence-corrected chi connectivity index (χ2v) is 7.33. The zero-order valence-electron chi connectivity index (χ0n) is 16.2. The Bertz CT molecular complexity index is 622. The molecule has 1 unspecified atom stereocenters. The van der Waals surface area contributed by atoms with Crippen molar-refractivity contribution in [1.29, 1.82) is 0 Å². The summed E-state index contributed by atoms with van der Waals surface area (Å²) in [7, 11) is 0. The summed E-state index contributed by atoms with van der Waals surface area (Å²) >= 11 is 0. The van der Waals surface area contributed by atoms with Gasteiger partial charge in [0.1, 0.15) is 0 Å². The summed E-state index contributed by atoms with van der Waals surface area (Å²) in [6.07, 6.45) is 2.00. The molecule has 0 saturated carbocycles. The van der Waals surface area contributed by atoms with Gasteiger partial charge in [-0.3, -0.25) is 14.3 Å². The molecule has 140 valence electrons. The van der Waals surface area contributed by atoms with Crippen LogP contribution in [0.15, 0.2) is 0 Å². The van der Waals surface area contributed by atoms with E-state index in [9.17, 15) is 9.59 Å². The van der Waals surface area contributed by atoms with Crippen molar-refractivity contribution < 1.29 is 14.3 Å². The van der Waals surface area contributed by atoms with Gasteiger partial charge in [0.15, 0.2) is 0 Å². The van der Waals surface area contributed by atoms with Crippen molar-refractivity contribution in [2.45, 2.75) is 60.4 Å². The molecule has 6 nitrogen and oxygen atoms in total. The molecule has 25 heavy (non-hydrogen) atoms. The van der Waals surface area contributed by atoms with Crippen LogP contribution >= 0.6 is 0 Å². The molecule has 0 bridgehead atoms. The molecule has 1 aromatic rings. The second-order valence-electron chi connectivity index (χ2n) is 7.33. The maximum absolute atomic E-state index is 12.8. The highest BCUT2D eigenvalue weighted by molar-refractivity contribution is 5.81. The molecule has 2 rings (SSSR count). The van der Waals surface area contributed by atoms with Gasteiger partial charge in [-0.25, -0.2) is 0 Å². The van der Waals surface area contributed by atoms with Crippen molar-refractivity contribution in [2.75, 3.05) is 19.7 Å². The third-order valence-corrected chi connectivity index (χ3v) is 4.79. The van der Waals surface area contributed by atoms with E-state index < -0.39 is 0 Å². The third-order valence-electron chi connectivity index (χ3n) is 4.79. The van der Waals surface area contributed by atoms with Crippen molar-refractivity contribution in [1.82, 2.24) is 14.7 Å². The highest BCUT2D eigenvalue weighted by atomic mass is 16.5. The van der Waals surface area contributed by atoms with Crippen LogP contribution in [0.2, 0.25) is 0 Å². The first-order chi connectivity index (χ1) is 11.8. The first kappa shape index (κ1) is 19.5. The lowest BCUT2D eigenvalue weighted by atomic mass is 9.97. The number of carbonyl (C=O) groups excluding carboxylic acids is 2. The summed E-state index contributed by atoms with van der Waals surface area (Å²) in [6, 6.07) is 0. The minimum absolute atomic E-state index is 0.0734. The van der Waals surface area contributed by atoms with E-state index in [2.05, 4.69) is 18.9 Å². The fourth-order valence-electron chi connectivity index (χ4n) is 3.43. The van der Waals surface area contributed by atoms with E-state index in [0.717, 1.165) is 36.3 Å². The molecule has 1 aliphatic rings. The van der Waals surface area contributed by atoms with Gasteiger partial charge in [0, 0.05) is 30.9 Å². The van der Waals surface area contributed by atoms with Crippen LogP contribution in [0, 0.1) is 25.7 Å². The molecule has 1 amide bonds. The van der Waals surface area contributed by atoms with Crippen LogP contribution in [-0.2, 0) is 27.3 Å². The first-order valence-corrected chi connectivity index (χ1v) is 9.30. The number of nitrogens with zero attached hydrogens (tertiary/aromatic N) is 3. The Balaban J connectivity index is 2.04. The van der Waals surface area contributed by atoms with Crippen LogP contribution in [0.3, 0.4) is 0 Å². The number of likely N-dealkylation sites (tertiary alicyclic amines) is 1. The van der Waals surface area contributed by atoms with Crippen LogP contribution in [0.25, 0.3) is 0 Å². The Morgan fingerprint density at radius 3 is 2.68 bits per heavy atom. The highest BCUT2D eigenvalue weighted by Crippen LogP contribution is 2.21. The van der Waals surface area contributed by atoms with Crippen LogP contribution in [0.1, 0.15) is 50.6 Å². The molecular formula is C19H31N3O3. The number of amides is 1. The molecule has 0 aromatic carbocycles. The van der Waals surface area contributed by atoms with E-state index in [4.69, 9.17) is 4.74 Å².